The molecule has 3 aliphatic rings. The average Bonchev–Trinajstić information content (AvgIpc) is 3.16. The zero-order valence-electron chi connectivity index (χ0n) is 13.4. The molecular formula is C17H31NO2S. The molecule has 3 aliphatic heterocycles. The van der Waals surface area contributed by atoms with Crippen molar-refractivity contribution in [2.45, 2.75) is 69.6 Å². The van der Waals surface area contributed by atoms with Crippen LogP contribution in [0.1, 0.15) is 51.9 Å². The highest BCUT2D eigenvalue weighted by Gasteiger charge is 2.42. The van der Waals surface area contributed by atoms with E-state index < -0.39 is 0 Å². The lowest BCUT2D eigenvalue weighted by molar-refractivity contribution is -0.0874. The van der Waals surface area contributed by atoms with E-state index in [0.29, 0.717) is 12.1 Å². The van der Waals surface area contributed by atoms with Gasteiger partial charge in [0.05, 0.1) is 11.7 Å². The number of hydrogen-bond donors (Lipinski definition) is 1. The molecule has 0 saturated carbocycles. The molecular weight excluding hydrogens is 282 g/mol. The van der Waals surface area contributed by atoms with Gasteiger partial charge >= 0.3 is 0 Å². The van der Waals surface area contributed by atoms with E-state index in [1.807, 2.05) is 0 Å². The molecule has 3 heterocycles. The van der Waals surface area contributed by atoms with Crippen molar-refractivity contribution >= 4 is 11.8 Å². The summed E-state index contributed by atoms with van der Waals surface area (Å²) in [5.74, 6) is 3.27. The summed E-state index contributed by atoms with van der Waals surface area (Å²) in [6, 6.07) is 0.624. The van der Waals surface area contributed by atoms with Crippen molar-refractivity contribution < 1.29 is 9.47 Å². The summed E-state index contributed by atoms with van der Waals surface area (Å²) in [6.07, 6.45) is 9.16. The van der Waals surface area contributed by atoms with E-state index in [1.165, 1.54) is 56.5 Å². The Balaban J connectivity index is 1.60. The summed E-state index contributed by atoms with van der Waals surface area (Å²) in [5.41, 5.74) is 0.205. The monoisotopic (exact) mass is 313 g/mol. The van der Waals surface area contributed by atoms with Crippen molar-refractivity contribution in [2.24, 2.45) is 5.92 Å². The van der Waals surface area contributed by atoms with Crippen LogP contribution in [-0.4, -0.2) is 49.0 Å². The second-order valence-electron chi connectivity index (χ2n) is 7.02. The predicted molar refractivity (Wildman–Crippen MR) is 89.0 cm³/mol. The number of nitrogens with one attached hydrogen (secondary N) is 1. The van der Waals surface area contributed by atoms with E-state index >= 15 is 0 Å². The second-order valence-corrected chi connectivity index (χ2v) is 8.12. The topological polar surface area (TPSA) is 30.5 Å². The fraction of sp³-hybridized carbons (Fsp3) is 1.00. The first-order valence-corrected chi connectivity index (χ1v) is 10.0. The highest BCUT2D eigenvalue weighted by molar-refractivity contribution is 7.99. The van der Waals surface area contributed by atoms with E-state index in [2.05, 4.69) is 24.0 Å². The molecule has 4 heteroatoms. The molecule has 4 unspecified atom stereocenters. The quantitative estimate of drug-likeness (QED) is 0.815. The van der Waals surface area contributed by atoms with Crippen molar-refractivity contribution in [3.05, 3.63) is 0 Å². The Labute approximate surface area is 133 Å². The van der Waals surface area contributed by atoms with Gasteiger partial charge in [-0.2, -0.15) is 11.8 Å². The first-order valence-electron chi connectivity index (χ1n) is 8.88. The predicted octanol–water partition coefficient (Wildman–Crippen LogP) is 3.23. The molecule has 4 atom stereocenters. The van der Waals surface area contributed by atoms with Gasteiger partial charge in [-0.05, 0) is 63.2 Å². The Morgan fingerprint density at radius 1 is 1.33 bits per heavy atom. The molecule has 21 heavy (non-hydrogen) atoms. The summed E-state index contributed by atoms with van der Waals surface area (Å²) in [7, 11) is 0. The van der Waals surface area contributed by atoms with Gasteiger partial charge in [-0.3, -0.25) is 0 Å². The van der Waals surface area contributed by atoms with Gasteiger partial charge in [-0.25, -0.2) is 0 Å². The Morgan fingerprint density at radius 3 is 3.00 bits per heavy atom. The second kappa shape index (κ2) is 7.67. The first-order chi connectivity index (χ1) is 10.3. The normalized spacial score (nSPS) is 38.1. The van der Waals surface area contributed by atoms with Crippen molar-refractivity contribution in [1.29, 1.82) is 0 Å². The summed E-state index contributed by atoms with van der Waals surface area (Å²) in [4.78, 5) is 0. The minimum absolute atomic E-state index is 0.205. The third-order valence-electron chi connectivity index (χ3n) is 5.36. The Morgan fingerprint density at radius 2 is 2.29 bits per heavy atom. The SMILES string of the molecule is CCCNC(CC1CCCO1)C1CCOC2(CCSC2)C1. The fourth-order valence-electron chi connectivity index (χ4n) is 4.16. The molecule has 0 amide bonds. The Hall–Kier alpha value is 0.230. The summed E-state index contributed by atoms with van der Waals surface area (Å²) >= 11 is 2.07. The summed E-state index contributed by atoms with van der Waals surface area (Å²) < 4.78 is 12.1. The zero-order chi connectivity index (χ0) is 14.5. The smallest absolute Gasteiger partial charge is 0.0783 e. The van der Waals surface area contributed by atoms with Gasteiger partial charge in [0.15, 0.2) is 0 Å². The molecule has 3 fully saturated rings. The van der Waals surface area contributed by atoms with E-state index in [0.717, 1.165) is 25.7 Å². The third-order valence-corrected chi connectivity index (χ3v) is 6.59. The molecule has 0 aromatic carbocycles. The molecule has 1 spiro atoms. The molecule has 3 nitrogen and oxygen atoms in total. The molecule has 1 N–H and O–H groups in total. The highest BCUT2D eigenvalue weighted by Crippen LogP contribution is 2.42. The molecule has 0 aliphatic carbocycles. The van der Waals surface area contributed by atoms with Gasteiger partial charge in [-0.1, -0.05) is 6.92 Å². The van der Waals surface area contributed by atoms with Crippen LogP contribution in [0, 0.1) is 5.92 Å². The summed E-state index contributed by atoms with van der Waals surface area (Å²) in [6.45, 7) is 5.33. The van der Waals surface area contributed by atoms with Crippen LogP contribution in [0.4, 0.5) is 0 Å². The zero-order valence-corrected chi connectivity index (χ0v) is 14.3. The van der Waals surface area contributed by atoms with Gasteiger partial charge in [0.25, 0.3) is 0 Å². The van der Waals surface area contributed by atoms with E-state index in [4.69, 9.17) is 9.47 Å². The van der Waals surface area contributed by atoms with E-state index in [9.17, 15) is 0 Å². The molecule has 3 saturated heterocycles. The first kappa shape index (κ1) is 16.1. The minimum Gasteiger partial charge on any atom is -0.378 e. The lowest BCUT2D eigenvalue weighted by Gasteiger charge is -2.41. The summed E-state index contributed by atoms with van der Waals surface area (Å²) in [5, 5.41) is 3.83. The lowest BCUT2D eigenvalue weighted by Crippen LogP contribution is -2.48. The number of rotatable bonds is 6. The Kier molecular flexibility index (Phi) is 5.88. The lowest BCUT2D eigenvalue weighted by atomic mass is 9.79. The van der Waals surface area contributed by atoms with Crippen LogP contribution in [0.3, 0.4) is 0 Å². The van der Waals surface area contributed by atoms with Crippen LogP contribution in [0.2, 0.25) is 0 Å². The molecule has 3 rings (SSSR count). The third kappa shape index (κ3) is 4.15. The van der Waals surface area contributed by atoms with Crippen molar-refractivity contribution in [2.75, 3.05) is 31.3 Å². The molecule has 0 bridgehead atoms. The molecule has 0 radical (unpaired) electrons. The Bertz CT molecular complexity index is 314. The molecule has 0 aromatic heterocycles. The van der Waals surface area contributed by atoms with Crippen molar-refractivity contribution in [1.82, 2.24) is 5.32 Å². The highest BCUT2D eigenvalue weighted by atomic mass is 32.2. The maximum Gasteiger partial charge on any atom is 0.0783 e. The number of thioether (sulfide) groups is 1. The van der Waals surface area contributed by atoms with Gasteiger partial charge < -0.3 is 14.8 Å². The molecule has 0 aromatic rings. The number of hydrogen-bond acceptors (Lipinski definition) is 4. The van der Waals surface area contributed by atoms with E-state index in [1.54, 1.807) is 0 Å². The standard InChI is InChI=1S/C17H31NO2S/c1-2-7-18-16(11-15-4-3-8-19-15)14-5-9-20-17(12-14)6-10-21-13-17/h14-16,18H,2-13H2,1H3. The van der Waals surface area contributed by atoms with E-state index in [-0.39, 0.29) is 5.60 Å². The maximum atomic E-state index is 6.20. The van der Waals surface area contributed by atoms with Crippen LogP contribution in [0.5, 0.6) is 0 Å². The van der Waals surface area contributed by atoms with Gasteiger partial charge in [-0.15, -0.1) is 0 Å². The van der Waals surface area contributed by atoms with Crippen LogP contribution < -0.4 is 5.32 Å². The average molecular weight is 314 g/mol. The van der Waals surface area contributed by atoms with Crippen LogP contribution in [0.15, 0.2) is 0 Å². The van der Waals surface area contributed by atoms with Crippen LogP contribution in [0.25, 0.3) is 0 Å². The minimum atomic E-state index is 0.205. The van der Waals surface area contributed by atoms with Gasteiger partial charge in [0.2, 0.25) is 0 Å². The van der Waals surface area contributed by atoms with Gasteiger partial charge in [0, 0.05) is 25.0 Å². The molecule has 122 valence electrons. The largest absolute Gasteiger partial charge is 0.378 e. The van der Waals surface area contributed by atoms with Crippen molar-refractivity contribution in [3.8, 4) is 0 Å². The van der Waals surface area contributed by atoms with Crippen molar-refractivity contribution in [3.63, 3.8) is 0 Å². The maximum absolute atomic E-state index is 6.20. The fourth-order valence-corrected chi connectivity index (χ4v) is 5.54. The number of ether oxygens (including phenoxy) is 2. The van der Waals surface area contributed by atoms with Crippen LogP contribution >= 0.6 is 11.8 Å². The van der Waals surface area contributed by atoms with Crippen LogP contribution in [-0.2, 0) is 9.47 Å². The van der Waals surface area contributed by atoms with Gasteiger partial charge in [0.1, 0.15) is 0 Å².